The van der Waals surface area contributed by atoms with Gasteiger partial charge < -0.3 is 19.3 Å². The van der Waals surface area contributed by atoms with Crippen molar-refractivity contribution < 1.29 is 19.1 Å². The van der Waals surface area contributed by atoms with Crippen LogP contribution in [0.25, 0.3) is 0 Å². The molecule has 3 rings (SSSR count). The molecule has 0 aliphatic carbocycles. The molecule has 160 valence electrons. The molecule has 0 unspecified atom stereocenters. The van der Waals surface area contributed by atoms with Gasteiger partial charge in [0.2, 0.25) is 5.91 Å². The van der Waals surface area contributed by atoms with Crippen molar-refractivity contribution in [3.8, 4) is 5.75 Å². The lowest BCUT2D eigenvalue weighted by Crippen LogP contribution is -2.57. The molecule has 8 heteroatoms. The monoisotopic (exact) mass is 475 g/mol. The number of pyridine rings is 1. The highest BCUT2D eigenvalue weighted by Gasteiger charge is 2.40. The van der Waals surface area contributed by atoms with E-state index in [1.807, 2.05) is 45.0 Å². The molecular weight excluding hydrogens is 450 g/mol. The van der Waals surface area contributed by atoms with Crippen LogP contribution in [-0.4, -0.2) is 47.7 Å². The average molecular weight is 476 g/mol. The fourth-order valence-corrected chi connectivity index (χ4v) is 3.53. The number of ether oxygens (including phenoxy) is 2. The van der Waals surface area contributed by atoms with Crippen molar-refractivity contribution >= 4 is 33.6 Å². The summed E-state index contributed by atoms with van der Waals surface area (Å²) in [6, 6.07) is 9.39. The minimum atomic E-state index is -0.562. The van der Waals surface area contributed by atoms with Gasteiger partial charge in [0.15, 0.2) is 0 Å². The second kappa shape index (κ2) is 9.04. The molecule has 2 aromatic rings. The van der Waals surface area contributed by atoms with Gasteiger partial charge in [-0.3, -0.25) is 9.78 Å². The third kappa shape index (κ3) is 5.30. The quantitative estimate of drug-likeness (QED) is 0.645. The number of hydrogen-bond donors (Lipinski definition) is 0. The molecule has 0 bridgehead atoms. The predicted molar refractivity (Wildman–Crippen MR) is 117 cm³/mol. The van der Waals surface area contributed by atoms with Gasteiger partial charge in [0.1, 0.15) is 11.4 Å². The molecule has 1 aromatic heterocycles. The Balaban J connectivity index is 1.75. The molecule has 1 saturated heterocycles. The number of likely N-dealkylation sites (tertiary alicyclic amines) is 1. The lowest BCUT2D eigenvalue weighted by atomic mass is 9.98. The number of hydrogen-bond acceptors (Lipinski definition) is 5. The van der Waals surface area contributed by atoms with Gasteiger partial charge in [-0.2, -0.15) is 0 Å². The molecule has 0 saturated carbocycles. The molecule has 0 radical (unpaired) electrons. The molecule has 0 spiro atoms. The number of anilines is 1. The second-order valence-corrected chi connectivity index (χ2v) is 9.04. The molecule has 1 fully saturated rings. The Morgan fingerprint density at radius 2 is 1.87 bits per heavy atom. The van der Waals surface area contributed by atoms with Gasteiger partial charge in [-0.25, -0.2) is 4.79 Å². The number of nitrogens with zero attached hydrogens (tertiary/aromatic N) is 3. The zero-order valence-corrected chi connectivity index (χ0v) is 19.2. The summed E-state index contributed by atoms with van der Waals surface area (Å²) in [5, 5.41) is 0. The van der Waals surface area contributed by atoms with E-state index in [-0.39, 0.29) is 11.8 Å². The minimum absolute atomic E-state index is 0.0562. The van der Waals surface area contributed by atoms with Crippen LogP contribution < -0.4 is 9.64 Å². The molecule has 30 heavy (non-hydrogen) atoms. The number of amides is 2. The number of halogens is 1. The average Bonchev–Trinajstić information content (AvgIpc) is 2.64. The fourth-order valence-electron chi connectivity index (χ4n) is 3.09. The van der Waals surface area contributed by atoms with Crippen molar-refractivity contribution in [1.29, 1.82) is 0 Å². The predicted octanol–water partition coefficient (Wildman–Crippen LogP) is 4.25. The maximum Gasteiger partial charge on any atom is 0.410 e. The molecular formula is C22H26BrN3O4. The fraction of sp³-hybridized carbons (Fsp3) is 0.409. The number of rotatable bonds is 5. The topological polar surface area (TPSA) is 72.0 Å². The van der Waals surface area contributed by atoms with E-state index in [1.165, 1.54) is 0 Å². The van der Waals surface area contributed by atoms with Crippen LogP contribution in [0.4, 0.5) is 10.5 Å². The Kier molecular flexibility index (Phi) is 6.65. The molecule has 1 aliphatic rings. The Morgan fingerprint density at radius 1 is 1.20 bits per heavy atom. The minimum Gasteiger partial charge on any atom is -0.497 e. The molecule has 1 aliphatic heterocycles. The van der Waals surface area contributed by atoms with Crippen LogP contribution >= 0.6 is 15.9 Å². The first kappa shape index (κ1) is 22.1. The van der Waals surface area contributed by atoms with E-state index in [1.54, 1.807) is 35.4 Å². The van der Waals surface area contributed by atoms with Crippen molar-refractivity contribution in [2.45, 2.75) is 32.9 Å². The Hall–Kier alpha value is -2.61. The van der Waals surface area contributed by atoms with Crippen LogP contribution in [0.5, 0.6) is 5.75 Å². The molecule has 2 amide bonds. The molecule has 1 aromatic carbocycles. The van der Waals surface area contributed by atoms with E-state index in [4.69, 9.17) is 9.47 Å². The maximum absolute atomic E-state index is 13.3. The summed E-state index contributed by atoms with van der Waals surface area (Å²) in [5.41, 5.74) is 1.09. The number of benzene rings is 1. The van der Waals surface area contributed by atoms with Crippen molar-refractivity contribution in [3.63, 3.8) is 0 Å². The summed E-state index contributed by atoms with van der Waals surface area (Å²) in [6.45, 7) is 6.53. The largest absolute Gasteiger partial charge is 0.497 e. The number of carbonyl (C=O) groups is 2. The Bertz CT molecular complexity index is 905. The first-order chi connectivity index (χ1) is 14.2. The van der Waals surface area contributed by atoms with Crippen molar-refractivity contribution in [2.24, 2.45) is 5.92 Å². The third-order valence-corrected chi connectivity index (χ3v) is 5.36. The Labute approximate surface area is 185 Å². The SMILES string of the molecule is COc1ccc(CN(C(=O)C2CN(C(=O)OC(C)(C)C)C2)c2cnccc2Br)cc1. The van der Waals surface area contributed by atoms with Crippen molar-refractivity contribution in [2.75, 3.05) is 25.1 Å². The van der Waals surface area contributed by atoms with Crippen molar-refractivity contribution in [1.82, 2.24) is 9.88 Å². The summed E-state index contributed by atoms with van der Waals surface area (Å²) >= 11 is 3.52. The number of carbonyl (C=O) groups excluding carboxylic acids is 2. The molecule has 0 atom stereocenters. The second-order valence-electron chi connectivity index (χ2n) is 8.18. The third-order valence-electron chi connectivity index (χ3n) is 4.69. The zero-order chi connectivity index (χ0) is 21.9. The van der Waals surface area contributed by atoms with Gasteiger partial charge >= 0.3 is 6.09 Å². The van der Waals surface area contributed by atoms with Gasteiger partial charge in [0.05, 0.1) is 31.5 Å². The van der Waals surface area contributed by atoms with Crippen LogP contribution in [0.15, 0.2) is 47.2 Å². The van der Waals surface area contributed by atoms with E-state index in [0.29, 0.717) is 25.3 Å². The van der Waals surface area contributed by atoms with Crippen LogP contribution in [0.2, 0.25) is 0 Å². The smallest absolute Gasteiger partial charge is 0.410 e. The van der Waals surface area contributed by atoms with Gasteiger partial charge in [-0.15, -0.1) is 0 Å². The summed E-state index contributed by atoms with van der Waals surface area (Å²) in [7, 11) is 1.62. The van der Waals surface area contributed by atoms with E-state index >= 15 is 0 Å². The first-order valence-electron chi connectivity index (χ1n) is 9.69. The lowest BCUT2D eigenvalue weighted by molar-refractivity contribution is -0.127. The van der Waals surface area contributed by atoms with Crippen LogP contribution in [-0.2, 0) is 16.1 Å². The summed E-state index contributed by atoms with van der Waals surface area (Å²) in [4.78, 5) is 33.0. The summed E-state index contributed by atoms with van der Waals surface area (Å²) in [5.74, 6) is 0.411. The number of methoxy groups -OCH3 is 1. The standard InChI is InChI=1S/C22H26BrN3O4/c1-22(2,3)30-21(28)25-13-16(14-25)20(27)26(19-11-24-10-9-18(19)23)12-15-5-7-17(29-4)8-6-15/h5-11,16H,12-14H2,1-4H3. The molecule has 7 nitrogen and oxygen atoms in total. The normalized spacial score (nSPS) is 14.1. The van der Waals surface area contributed by atoms with Crippen LogP contribution in [0, 0.1) is 5.92 Å². The maximum atomic E-state index is 13.3. The van der Waals surface area contributed by atoms with Gasteiger partial charge in [0, 0.05) is 23.8 Å². The highest BCUT2D eigenvalue weighted by molar-refractivity contribution is 9.10. The van der Waals surface area contributed by atoms with Gasteiger partial charge in [0.25, 0.3) is 0 Å². The van der Waals surface area contributed by atoms with E-state index in [9.17, 15) is 9.59 Å². The molecule has 0 N–H and O–H groups in total. The van der Waals surface area contributed by atoms with E-state index in [2.05, 4.69) is 20.9 Å². The van der Waals surface area contributed by atoms with Crippen LogP contribution in [0.1, 0.15) is 26.3 Å². The van der Waals surface area contributed by atoms with E-state index in [0.717, 1.165) is 15.8 Å². The highest BCUT2D eigenvalue weighted by Crippen LogP contribution is 2.30. The Morgan fingerprint density at radius 3 is 2.43 bits per heavy atom. The van der Waals surface area contributed by atoms with Crippen LogP contribution in [0.3, 0.4) is 0 Å². The lowest BCUT2D eigenvalue weighted by Gasteiger charge is -2.41. The molecule has 2 heterocycles. The number of aromatic nitrogens is 1. The first-order valence-corrected chi connectivity index (χ1v) is 10.5. The summed E-state index contributed by atoms with van der Waals surface area (Å²) in [6.07, 6.45) is 2.93. The zero-order valence-electron chi connectivity index (χ0n) is 17.6. The highest BCUT2D eigenvalue weighted by atomic mass is 79.9. The van der Waals surface area contributed by atoms with Gasteiger partial charge in [-0.1, -0.05) is 12.1 Å². The summed E-state index contributed by atoms with van der Waals surface area (Å²) < 4.78 is 11.4. The van der Waals surface area contributed by atoms with Crippen molar-refractivity contribution in [3.05, 3.63) is 52.8 Å². The van der Waals surface area contributed by atoms with E-state index < -0.39 is 11.7 Å². The van der Waals surface area contributed by atoms with Gasteiger partial charge in [-0.05, 0) is 60.5 Å².